The number of carboxylic acid groups (broad SMARTS) is 1. The Kier molecular flexibility index (Phi) is 3.15. The molecule has 94 valence electrons. The summed E-state index contributed by atoms with van der Waals surface area (Å²) >= 11 is 3.40. The summed E-state index contributed by atoms with van der Waals surface area (Å²) in [5, 5.41) is 10.1. The monoisotopic (exact) mass is 307 g/mol. The first-order valence-electron chi connectivity index (χ1n) is 5.63. The largest absolute Gasteiger partial charge is 0.478 e. The molecule has 1 aromatic carbocycles. The predicted molar refractivity (Wildman–Crippen MR) is 75.1 cm³/mol. The van der Waals surface area contributed by atoms with Crippen LogP contribution in [0.2, 0.25) is 0 Å². The third kappa shape index (κ3) is 2.38. The molecule has 0 saturated heterocycles. The number of nitrogens with zero attached hydrogens (tertiary/aromatic N) is 1. The lowest BCUT2D eigenvalue weighted by Gasteiger charge is -2.20. The van der Waals surface area contributed by atoms with Gasteiger partial charge in [-0.05, 0) is 18.2 Å². The van der Waals surface area contributed by atoms with Crippen molar-refractivity contribution in [3.8, 4) is 0 Å². The summed E-state index contributed by atoms with van der Waals surface area (Å²) in [5.41, 5.74) is 1.39. The van der Waals surface area contributed by atoms with Crippen molar-refractivity contribution in [2.24, 2.45) is 0 Å². The molecule has 0 aliphatic rings. The first kappa shape index (κ1) is 13.0. The maximum absolute atomic E-state index is 11.3. The first-order valence-corrected chi connectivity index (χ1v) is 6.42. The van der Waals surface area contributed by atoms with Crippen molar-refractivity contribution < 1.29 is 9.90 Å². The van der Waals surface area contributed by atoms with Gasteiger partial charge in [0.2, 0.25) is 0 Å². The predicted octanol–water partition coefficient (Wildman–Crippen LogP) is 3.99. The van der Waals surface area contributed by atoms with E-state index >= 15 is 0 Å². The Balaban J connectivity index is 2.81. The molecular formula is C14H14BrNO2. The molecule has 0 unspecified atom stereocenters. The highest BCUT2D eigenvalue weighted by molar-refractivity contribution is 9.10. The van der Waals surface area contributed by atoms with Crippen LogP contribution in [0.3, 0.4) is 0 Å². The van der Waals surface area contributed by atoms with E-state index in [-0.39, 0.29) is 11.0 Å². The van der Waals surface area contributed by atoms with Crippen LogP contribution in [0.15, 0.2) is 28.7 Å². The van der Waals surface area contributed by atoms with Gasteiger partial charge in [0.1, 0.15) is 0 Å². The maximum Gasteiger partial charge on any atom is 0.337 e. The number of fused-ring (bicyclic) bond motifs is 1. The summed E-state index contributed by atoms with van der Waals surface area (Å²) in [6.07, 6.45) is 0. The summed E-state index contributed by atoms with van der Waals surface area (Å²) in [4.78, 5) is 15.8. The average Bonchev–Trinajstić information content (AvgIpc) is 2.25. The Hall–Kier alpha value is -1.42. The topological polar surface area (TPSA) is 50.2 Å². The van der Waals surface area contributed by atoms with Gasteiger partial charge < -0.3 is 5.11 Å². The van der Waals surface area contributed by atoms with E-state index in [0.717, 1.165) is 15.4 Å². The molecule has 0 saturated carbocycles. The standard InChI is InChI=1S/C14H14BrNO2/c1-14(2,3)12-10(13(17)18)6-8-4-5-9(15)7-11(8)16-12/h4-7H,1-3H3,(H,17,18). The number of hydrogen-bond acceptors (Lipinski definition) is 2. The van der Waals surface area contributed by atoms with Crippen LogP contribution < -0.4 is 0 Å². The summed E-state index contributed by atoms with van der Waals surface area (Å²) < 4.78 is 0.936. The number of aromatic carboxylic acids is 1. The van der Waals surface area contributed by atoms with Crippen LogP contribution in [0.25, 0.3) is 10.9 Å². The zero-order valence-electron chi connectivity index (χ0n) is 10.5. The number of benzene rings is 1. The Morgan fingerprint density at radius 3 is 2.50 bits per heavy atom. The van der Waals surface area contributed by atoms with Crippen LogP contribution in [0.4, 0.5) is 0 Å². The van der Waals surface area contributed by atoms with E-state index in [1.807, 2.05) is 39.0 Å². The highest BCUT2D eigenvalue weighted by Gasteiger charge is 2.24. The van der Waals surface area contributed by atoms with E-state index in [9.17, 15) is 9.90 Å². The van der Waals surface area contributed by atoms with Gasteiger partial charge in [-0.2, -0.15) is 0 Å². The van der Waals surface area contributed by atoms with E-state index in [1.54, 1.807) is 6.07 Å². The SMILES string of the molecule is CC(C)(C)c1nc2cc(Br)ccc2cc1C(=O)O. The van der Waals surface area contributed by atoms with Gasteiger partial charge in [0, 0.05) is 15.3 Å². The minimum Gasteiger partial charge on any atom is -0.478 e. The van der Waals surface area contributed by atoms with Gasteiger partial charge in [-0.15, -0.1) is 0 Å². The molecule has 0 atom stereocenters. The second kappa shape index (κ2) is 4.35. The Bertz CT molecular complexity index is 629. The first-order chi connectivity index (χ1) is 8.29. The van der Waals surface area contributed by atoms with Crippen molar-refractivity contribution in [1.82, 2.24) is 4.98 Å². The lowest BCUT2D eigenvalue weighted by Crippen LogP contribution is -2.19. The molecule has 0 bridgehead atoms. The van der Waals surface area contributed by atoms with Crippen LogP contribution in [-0.4, -0.2) is 16.1 Å². The zero-order valence-corrected chi connectivity index (χ0v) is 12.1. The van der Waals surface area contributed by atoms with Crippen LogP contribution >= 0.6 is 15.9 Å². The quantitative estimate of drug-likeness (QED) is 0.866. The van der Waals surface area contributed by atoms with Crippen LogP contribution in [0, 0.1) is 0 Å². The number of rotatable bonds is 1. The second-order valence-corrected chi connectivity index (χ2v) is 6.19. The molecule has 2 rings (SSSR count). The van der Waals surface area contributed by atoms with Crippen molar-refractivity contribution >= 4 is 32.8 Å². The molecule has 1 N–H and O–H groups in total. The molecule has 0 spiro atoms. The van der Waals surface area contributed by atoms with Gasteiger partial charge in [0.05, 0.1) is 16.8 Å². The lowest BCUT2D eigenvalue weighted by atomic mass is 9.87. The van der Waals surface area contributed by atoms with E-state index < -0.39 is 5.97 Å². The molecule has 1 heterocycles. The van der Waals surface area contributed by atoms with Crippen molar-refractivity contribution in [3.63, 3.8) is 0 Å². The highest BCUT2D eigenvalue weighted by atomic mass is 79.9. The van der Waals surface area contributed by atoms with Gasteiger partial charge in [0.15, 0.2) is 0 Å². The van der Waals surface area contributed by atoms with Gasteiger partial charge in [-0.3, -0.25) is 4.98 Å². The smallest absolute Gasteiger partial charge is 0.337 e. The molecule has 18 heavy (non-hydrogen) atoms. The minimum absolute atomic E-state index is 0.275. The summed E-state index contributed by atoms with van der Waals surface area (Å²) in [6, 6.07) is 7.34. The Morgan fingerprint density at radius 2 is 1.94 bits per heavy atom. The highest BCUT2D eigenvalue weighted by Crippen LogP contribution is 2.28. The molecule has 4 heteroatoms. The fraction of sp³-hybridized carbons (Fsp3) is 0.286. The Labute approximate surface area is 114 Å². The Morgan fingerprint density at radius 1 is 1.28 bits per heavy atom. The van der Waals surface area contributed by atoms with Gasteiger partial charge >= 0.3 is 5.97 Å². The van der Waals surface area contributed by atoms with Crippen LogP contribution in [-0.2, 0) is 5.41 Å². The summed E-state index contributed by atoms with van der Waals surface area (Å²) in [5.74, 6) is -0.933. The van der Waals surface area contributed by atoms with E-state index in [4.69, 9.17) is 0 Å². The zero-order chi connectivity index (χ0) is 13.5. The number of halogens is 1. The van der Waals surface area contributed by atoms with Crippen LogP contribution in [0.1, 0.15) is 36.8 Å². The number of carboxylic acids is 1. The number of carbonyl (C=O) groups is 1. The normalized spacial score (nSPS) is 11.8. The summed E-state index contributed by atoms with van der Waals surface area (Å²) in [7, 11) is 0. The molecule has 0 radical (unpaired) electrons. The van der Waals surface area contributed by atoms with Crippen molar-refractivity contribution in [2.45, 2.75) is 26.2 Å². The molecule has 0 amide bonds. The van der Waals surface area contributed by atoms with Gasteiger partial charge in [-0.1, -0.05) is 42.8 Å². The molecule has 0 aliphatic carbocycles. The molecule has 0 aliphatic heterocycles. The number of pyridine rings is 1. The van der Waals surface area contributed by atoms with E-state index in [1.165, 1.54) is 0 Å². The van der Waals surface area contributed by atoms with Gasteiger partial charge in [-0.25, -0.2) is 4.79 Å². The van der Waals surface area contributed by atoms with Crippen molar-refractivity contribution in [1.29, 1.82) is 0 Å². The molecular weight excluding hydrogens is 294 g/mol. The van der Waals surface area contributed by atoms with Crippen molar-refractivity contribution in [2.75, 3.05) is 0 Å². The van der Waals surface area contributed by atoms with E-state index in [0.29, 0.717) is 5.69 Å². The third-order valence-corrected chi connectivity index (χ3v) is 3.21. The molecule has 3 nitrogen and oxygen atoms in total. The number of hydrogen-bond donors (Lipinski definition) is 1. The van der Waals surface area contributed by atoms with E-state index in [2.05, 4.69) is 20.9 Å². The van der Waals surface area contributed by atoms with Gasteiger partial charge in [0.25, 0.3) is 0 Å². The fourth-order valence-corrected chi connectivity index (χ4v) is 2.22. The minimum atomic E-state index is -0.933. The fourth-order valence-electron chi connectivity index (χ4n) is 1.87. The average molecular weight is 308 g/mol. The summed E-state index contributed by atoms with van der Waals surface area (Å²) in [6.45, 7) is 5.89. The molecule has 0 fully saturated rings. The second-order valence-electron chi connectivity index (χ2n) is 5.28. The van der Waals surface area contributed by atoms with Crippen molar-refractivity contribution in [3.05, 3.63) is 40.0 Å². The third-order valence-electron chi connectivity index (χ3n) is 2.72. The maximum atomic E-state index is 11.3. The molecule has 2 aromatic rings. The lowest BCUT2D eigenvalue weighted by molar-refractivity contribution is 0.0693. The molecule has 1 aromatic heterocycles. The number of aromatic nitrogens is 1. The van der Waals surface area contributed by atoms with Crippen LogP contribution in [0.5, 0.6) is 0 Å².